The molecule has 0 aliphatic rings. The quantitative estimate of drug-likeness (QED) is 0.871. The Kier molecular flexibility index (Phi) is 4.22. The van der Waals surface area contributed by atoms with Gasteiger partial charge in [-0.05, 0) is 35.0 Å². The molecule has 0 saturated heterocycles. The van der Waals surface area contributed by atoms with E-state index in [2.05, 4.69) is 21.2 Å². The van der Waals surface area contributed by atoms with E-state index < -0.39 is 0 Å². The zero-order chi connectivity index (χ0) is 10.6. The number of ether oxygens (including phenoxy) is 1. The molecule has 0 aromatic heterocycles. The summed E-state index contributed by atoms with van der Waals surface area (Å²) in [6.07, 6.45) is 0. The van der Waals surface area contributed by atoms with Crippen LogP contribution < -0.4 is 15.8 Å². The molecule has 0 heterocycles. The number of hydrogen-bond donors (Lipinski definition) is 2. The lowest BCUT2D eigenvalue weighted by Gasteiger charge is -2.15. The van der Waals surface area contributed by atoms with Crippen LogP contribution in [0.3, 0.4) is 0 Å². The third kappa shape index (κ3) is 2.89. The first-order chi connectivity index (χ1) is 6.67. The van der Waals surface area contributed by atoms with E-state index in [0.29, 0.717) is 6.54 Å². The van der Waals surface area contributed by atoms with E-state index in [1.807, 2.05) is 25.1 Å². The lowest BCUT2D eigenvalue weighted by atomic mass is 10.2. The van der Waals surface area contributed by atoms with Crippen molar-refractivity contribution in [3.05, 3.63) is 22.7 Å². The maximum Gasteiger partial charge on any atom is 0.121 e. The highest BCUT2D eigenvalue weighted by Crippen LogP contribution is 2.27. The standard InChI is InChI=1S/C10H15BrN2O/c1-7(6-12)13-10-5-8(14-2)3-4-9(10)11/h3-5,7,13H,6,12H2,1-2H3. The van der Waals surface area contributed by atoms with Crippen LogP contribution in [0.2, 0.25) is 0 Å². The van der Waals surface area contributed by atoms with Crippen LogP contribution in [0, 0.1) is 0 Å². The largest absolute Gasteiger partial charge is 0.497 e. The van der Waals surface area contributed by atoms with E-state index in [4.69, 9.17) is 10.5 Å². The van der Waals surface area contributed by atoms with Crippen LogP contribution in [0.15, 0.2) is 22.7 Å². The van der Waals surface area contributed by atoms with Gasteiger partial charge in [0.1, 0.15) is 5.75 Å². The molecule has 1 atom stereocenters. The number of nitrogens with two attached hydrogens (primary N) is 1. The highest BCUT2D eigenvalue weighted by molar-refractivity contribution is 9.10. The van der Waals surface area contributed by atoms with Gasteiger partial charge in [-0.1, -0.05) is 0 Å². The monoisotopic (exact) mass is 258 g/mol. The number of anilines is 1. The number of halogens is 1. The zero-order valence-corrected chi connectivity index (χ0v) is 9.97. The number of rotatable bonds is 4. The van der Waals surface area contributed by atoms with Crippen molar-refractivity contribution < 1.29 is 4.74 Å². The van der Waals surface area contributed by atoms with Crippen molar-refractivity contribution in [2.45, 2.75) is 13.0 Å². The summed E-state index contributed by atoms with van der Waals surface area (Å²) in [6, 6.07) is 6.04. The van der Waals surface area contributed by atoms with Gasteiger partial charge in [0.2, 0.25) is 0 Å². The highest BCUT2D eigenvalue weighted by Gasteiger charge is 2.04. The summed E-state index contributed by atoms with van der Waals surface area (Å²) >= 11 is 3.46. The SMILES string of the molecule is COc1ccc(Br)c(NC(C)CN)c1. The summed E-state index contributed by atoms with van der Waals surface area (Å²) < 4.78 is 6.15. The van der Waals surface area contributed by atoms with Crippen molar-refractivity contribution >= 4 is 21.6 Å². The van der Waals surface area contributed by atoms with E-state index in [9.17, 15) is 0 Å². The van der Waals surface area contributed by atoms with E-state index in [0.717, 1.165) is 15.9 Å². The van der Waals surface area contributed by atoms with Gasteiger partial charge in [0.05, 0.1) is 12.8 Å². The molecule has 0 amide bonds. The minimum atomic E-state index is 0.249. The summed E-state index contributed by atoms with van der Waals surface area (Å²) in [5.74, 6) is 0.833. The highest BCUT2D eigenvalue weighted by atomic mass is 79.9. The summed E-state index contributed by atoms with van der Waals surface area (Å²) in [4.78, 5) is 0. The molecule has 1 rings (SSSR count). The predicted molar refractivity (Wildman–Crippen MR) is 62.8 cm³/mol. The maximum absolute atomic E-state index is 5.53. The van der Waals surface area contributed by atoms with Gasteiger partial charge in [-0.25, -0.2) is 0 Å². The van der Waals surface area contributed by atoms with Crippen LogP contribution in [0.5, 0.6) is 5.75 Å². The maximum atomic E-state index is 5.53. The molecule has 1 aromatic carbocycles. The molecule has 1 unspecified atom stereocenters. The molecular weight excluding hydrogens is 244 g/mol. The normalized spacial score (nSPS) is 12.3. The van der Waals surface area contributed by atoms with Crippen molar-refractivity contribution in [1.82, 2.24) is 0 Å². The second kappa shape index (κ2) is 5.22. The minimum absolute atomic E-state index is 0.249. The third-order valence-electron chi connectivity index (χ3n) is 1.93. The molecule has 78 valence electrons. The van der Waals surface area contributed by atoms with E-state index >= 15 is 0 Å². The molecule has 1 aromatic rings. The molecule has 0 spiro atoms. The Morgan fingerprint density at radius 1 is 1.57 bits per heavy atom. The average Bonchev–Trinajstić information content (AvgIpc) is 2.21. The molecule has 0 fully saturated rings. The lowest BCUT2D eigenvalue weighted by molar-refractivity contribution is 0.415. The van der Waals surface area contributed by atoms with E-state index in [1.54, 1.807) is 7.11 Å². The van der Waals surface area contributed by atoms with E-state index in [-0.39, 0.29) is 6.04 Å². The van der Waals surface area contributed by atoms with Crippen LogP contribution in [0.25, 0.3) is 0 Å². The molecule has 0 radical (unpaired) electrons. The van der Waals surface area contributed by atoms with Crippen LogP contribution in [-0.4, -0.2) is 19.7 Å². The second-order valence-electron chi connectivity index (χ2n) is 3.13. The van der Waals surface area contributed by atoms with Crippen molar-refractivity contribution in [2.75, 3.05) is 19.0 Å². The fourth-order valence-corrected chi connectivity index (χ4v) is 1.43. The van der Waals surface area contributed by atoms with Gasteiger partial charge in [-0.15, -0.1) is 0 Å². The minimum Gasteiger partial charge on any atom is -0.497 e. The Morgan fingerprint density at radius 3 is 2.86 bits per heavy atom. The van der Waals surface area contributed by atoms with Gasteiger partial charge in [0.25, 0.3) is 0 Å². The molecule has 4 heteroatoms. The number of methoxy groups -OCH3 is 1. The van der Waals surface area contributed by atoms with Crippen molar-refractivity contribution in [1.29, 1.82) is 0 Å². The van der Waals surface area contributed by atoms with Crippen molar-refractivity contribution in [3.63, 3.8) is 0 Å². The Labute approximate surface area is 92.8 Å². The van der Waals surface area contributed by atoms with Gasteiger partial charge in [-0.2, -0.15) is 0 Å². The summed E-state index contributed by atoms with van der Waals surface area (Å²) in [6.45, 7) is 2.63. The van der Waals surface area contributed by atoms with Crippen molar-refractivity contribution in [3.8, 4) is 5.75 Å². The third-order valence-corrected chi connectivity index (χ3v) is 2.62. The summed E-state index contributed by atoms with van der Waals surface area (Å²) in [7, 11) is 1.65. The average molecular weight is 259 g/mol. The Balaban J connectivity index is 2.83. The molecule has 0 saturated carbocycles. The number of benzene rings is 1. The summed E-state index contributed by atoms with van der Waals surface area (Å²) in [5.41, 5.74) is 6.53. The molecule has 14 heavy (non-hydrogen) atoms. The van der Waals surface area contributed by atoms with Gasteiger partial charge in [0.15, 0.2) is 0 Å². The fourth-order valence-electron chi connectivity index (χ4n) is 1.07. The Bertz CT molecular complexity index is 304. The van der Waals surface area contributed by atoms with Gasteiger partial charge in [-0.3, -0.25) is 0 Å². The first-order valence-corrected chi connectivity index (χ1v) is 5.26. The number of nitrogens with one attached hydrogen (secondary N) is 1. The first-order valence-electron chi connectivity index (χ1n) is 4.47. The first kappa shape index (κ1) is 11.3. The van der Waals surface area contributed by atoms with Crippen molar-refractivity contribution in [2.24, 2.45) is 5.73 Å². The molecule has 0 aliphatic carbocycles. The van der Waals surface area contributed by atoms with Gasteiger partial charge in [0, 0.05) is 23.1 Å². The molecule has 0 bridgehead atoms. The fraction of sp³-hybridized carbons (Fsp3) is 0.400. The van der Waals surface area contributed by atoms with E-state index in [1.165, 1.54) is 0 Å². The van der Waals surface area contributed by atoms with Crippen LogP contribution in [-0.2, 0) is 0 Å². The van der Waals surface area contributed by atoms with Crippen LogP contribution in [0.1, 0.15) is 6.92 Å². The number of hydrogen-bond acceptors (Lipinski definition) is 3. The van der Waals surface area contributed by atoms with Gasteiger partial charge < -0.3 is 15.8 Å². The zero-order valence-electron chi connectivity index (χ0n) is 8.38. The topological polar surface area (TPSA) is 47.3 Å². The lowest BCUT2D eigenvalue weighted by Crippen LogP contribution is -2.25. The summed E-state index contributed by atoms with van der Waals surface area (Å²) in [5, 5.41) is 3.28. The van der Waals surface area contributed by atoms with Gasteiger partial charge >= 0.3 is 0 Å². The molecule has 0 aliphatic heterocycles. The molecular formula is C10H15BrN2O. The Morgan fingerprint density at radius 2 is 2.29 bits per heavy atom. The second-order valence-corrected chi connectivity index (χ2v) is 3.98. The van der Waals surface area contributed by atoms with Crippen LogP contribution in [0.4, 0.5) is 5.69 Å². The molecule has 3 nitrogen and oxygen atoms in total. The molecule has 3 N–H and O–H groups in total. The smallest absolute Gasteiger partial charge is 0.121 e. The predicted octanol–water partition coefficient (Wildman–Crippen LogP) is 2.22. The Hall–Kier alpha value is -0.740. The van der Waals surface area contributed by atoms with Crippen LogP contribution >= 0.6 is 15.9 Å².